The van der Waals surface area contributed by atoms with E-state index in [2.05, 4.69) is 10.6 Å². The highest BCUT2D eigenvalue weighted by molar-refractivity contribution is 7.80. The van der Waals surface area contributed by atoms with Crippen molar-refractivity contribution in [2.24, 2.45) is 0 Å². The van der Waals surface area contributed by atoms with Crippen LogP contribution in [0, 0.1) is 0 Å². The molecule has 0 radical (unpaired) electrons. The molecule has 2 rings (SSSR count). The molecule has 0 aromatic heterocycles. The number of rotatable bonds is 5. The van der Waals surface area contributed by atoms with E-state index in [1.165, 1.54) is 31.4 Å². The van der Waals surface area contributed by atoms with Crippen LogP contribution in [0.5, 0.6) is 5.75 Å². The predicted molar refractivity (Wildman–Crippen MR) is 97.2 cm³/mol. The number of thiocarbonyl (C=S) groups is 1. The highest BCUT2D eigenvalue weighted by Gasteiger charge is 2.08. The van der Waals surface area contributed by atoms with Crippen molar-refractivity contribution in [1.82, 2.24) is 5.32 Å². The van der Waals surface area contributed by atoms with Gasteiger partial charge in [0.1, 0.15) is 5.75 Å². The molecular formula is C18H15N2O4S-. The van der Waals surface area contributed by atoms with Crippen LogP contribution in [0.25, 0.3) is 6.08 Å². The molecule has 0 unspecified atom stereocenters. The van der Waals surface area contributed by atoms with E-state index in [0.717, 1.165) is 5.56 Å². The van der Waals surface area contributed by atoms with Gasteiger partial charge in [0.2, 0.25) is 5.91 Å². The Labute approximate surface area is 150 Å². The first kappa shape index (κ1) is 18.2. The number of hydrogen-bond acceptors (Lipinski definition) is 5. The molecule has 6 nitrogen and oxygen atoms in total. The van der Waals surface area contributed by atoms with Crippen LogP contribution >= 0.6 is 12.2 Å². The minimum absolute atomic E-state index is 0.0107. The Balaban J connectivity index is 2.02. The minimum Gasteiger partial charge on any atom is -0.545 e. The first-order valence-electron chi connectivity index (χ1n) is 7.24. The van der Waals surface area contributed by atoms with Crippen molar-refractivity contribution in [3.63, 3.8) is 0 Å². The largest absolute Gasteiger partial charge is 0.545 e. The van der Waals surface area contributed by atoms with E-state index in [4.69, 9.17) is 17.0 Å². The molecule has 128 valence electrons. The van der Waals surface area contributed by atoms with Gasteiger partial charge in [0.25, 0.3) is 0 Å². The first-order valence-corrected chi connectivity index (χ1v) is 7.65. The summed E-state index contributed by atoms with van der Waals surface area (Å²) in [7, 11) is 1.43. The van der Waals surface area contributed by atoms with Gasteiger partial charge in [-0.25, -0.2) is 0 Å². The van der Waals surface area contributed by atoms with Crippen molar-refractivity contribution in [3.05, 3.63) is 65.7 Å². The second-order valence-corrected chi connectivity index (χ2v) is 5.30. The molecule has 2 aromatic rings. The summed E-state index contributed by atoms with van der Waals surface area (Å²) in [5.74, 6) is -1.37. The molecule has 0 spiro atoms. The van der Waals surface area contributed by atoms with Gasteiger partial charge in [0.15, 0.2) is 5.11 Å². The number of carboxylic acids is 1. The van der Waals surface area contributed by atoms with Crippen LogP contribution in [0.2, 0.25) is 0 Å². The van der Waals surface area contributed by atoms with Crippen LogP contribution < -0.4 is 20.5 Å². The maximum atomic E-state index is 11.9. The zero-order valence-corrected chi connectivity index (χ0v) is 14.1. The molecule has 0 atom stereocenters. The van der Waals surface area contributed by atoms with Crippen LogP contribution in [-0.2, 0) is 4.79 Å². The van der Waals surface area contributed by atoms with Crippen molar-refractivity contribution in [2.45, 2.75) is 0 Å². The zero-order chi connectivity index (χ0) is 18.2. The van der Waals surface area contributed by atoms with Crippen LogP contribution in [0.1, 0.15) is 15.9 Å². The van der Waals surface area contributed by atoms with Crippen LogP contribution in [0.4, 0.5) is 5.69 Å². The highest BCUT2D eigenvalue weighted by atomic mass is 32.1. The lowest BCUT2D eigenvalue weighted by Crippen LogP contribution is -2.33. The van der Waals surface area contributed by atoms with Gasteiger partial charge >= 0.3 is 0 Å². The Kier molecular flexibility index (Phi) is 6.25. The predicted octanol–water partition coefficient (Wildman–Crippen LogP) is 1.59. The van der Waals surface area contributed by atoms with Crippen LogP contribution in [0.15, 0.2) is 54.6 Å². The van der Waals surface area contributed by atoms with Crippen LogP contribution in [-0.4, -0.2) is 24.1 Å². The highest BCUT2D eigenvalue weighted by Crippen LogP contribution is 2.25. The summed E-state index contributed by atoms with van der Waals surface area (Å²) in [5.41, 5.74) is 1.14. The molecule has 7 heteroatoms. The summed E-state index contributed by atoms with van der Waals surface area (Å²) in [6.45, 7) is 0. The first-order chi connectivity index (χ1) is 12.0. The fourth-order valence-electron chi connectivity index (χ4n) is 1.98. The molecule has 0 heterocycles. The zero-order valence-electron chi connectivity index (χ0n) is 13.3. The molecule has 25 heavy (non-hydrogen) atoms. The van der Waals surface area contributed by atoms with E-state index in [1.807, 2.05) is 30.3 Å². The molecule has 0 saturated heterocycles. The maximum Gasteiger partial charge on any atom is 0.250 e. The van der Waals surface area contributed by atoms with Gasteiger partial charge < -0.3 is 20.0 Å². The molecule has 0 fully saturated rings. The molecule has 1 amide bonds. The average Bonchev–Trinajstić information content (AvgIpc) is 2.60. The summed E-state index contributed by atoms with van der Waals surface area (Å²) < 4.78 is 5.13. The normalized spacial score (nSPS) is 10.3. The topological polar surface area (TPSA) is 90.5 Å². The second-order valence-electron chi connectivity index (χ2n) is 4.89. The number of anilines is 1. The lowest BCUT2D eigenvalue weighted by Gasteiger charge is -2.14. The number of carboxylic acid groups (broad SMARTS) is 1. The number of ether oxygens (including phenoxy) is 1. The Morgan fingerprint density at radius 2 is 1.88 bits per heavy atom. The number of methoxy groups -OCH3 is 1. The molecule has 0 aliphatic rings. The maximum absolute atomic E-state index is 11.9. The summed E-state index contributed by atoms with van der Waals surface area (Å²) in [6.07, 6.45) is 2.99. The van der Waals surface area contributed by atoms with Gasteiger partial charge in [-0.1, -0.05) is 30.3 Å². The lowest BCUT2D eigenvalue weighted by molar-refractivity contribution is -0.255. The number of carbonyl (C=O) groups excluding carboxylic acids is 2. The van der Waals surface area contributed by atoms with Crippen molar-refractivity contribution in [2.75, 3.05) is 12.4 Å². The van der Waals surface area contributed by atoms with Gasteiger partial charge in [-0.15, -0.1) is 0 Å². The van der Waals surface area contributed by atoms with E-state index in [1.54, 1.807) is 6.08 Å². The third-order valence-corrected chi connectivity index (χ3v) is 3.35. The number of amides is 1. The Morgan fingerprint density at radius 1 is 1.16 bits per heavy atom. The van der Waals surface area contributed by atoms with Gasteiger partial charge in [-0.3, -0.25) is 10.1 Å². The number of benzene rings is 2. The standard InChI is InChI=1S/C18H16N2O4S/c1-24-15-9-8-13(17(22)23)11-14(15)19-18(25)20-16(21)10-7-12-5-3-2-4-6-12/h2-11H,1H3,(H,22,23)(H2,19,20,21,25)/p-1/b10-7+. The molecule has 0 saturated carbocycles. The Morgan fingerprint density at radius 3 is 2.52 bits per heavy atom. The number of carbonyl (C=O) groups is 2. The SMILES string of the molecule is COc1ccc(C(=O)[O-])cc1NC(=S)NC(=O)/C=C/c1ccccc1. The van der Waals surface area contributed by atoms with E-state index < -0.39 is 11.9 Å². The van der Waals surface area contributed by atoms with Gasteiger partial charge in [0, 0.05) is 6.08 Å². The van der Waals surface area contributed by atoms with E-state index >= 15 is 0 Å². The van der Waals surface area contributed by atoms with E-state index in [9.17, 15) is 14.7 Å². The van der Waals surface area contributed by atoms with E-state index in [0.29, 0.717) is 11.4 Å². The fraction of sp³-hybridized carbons (Fsp3) is 0.0556. The van der Waals surface area contributed by atoms with Crippen molar-refractivity contribution in [3.8, 4) is 5.75 Å². The summed E-state index contributed by atoms with van der Waals surface area (Å²) >= 11 is 5.06. The monoisotopic (exact) mass is 355 g/mol. The van der Waals surface area contributed by atoms with Gasteiger partial charge in [-0.2, -0.15) is 0 Å². The van der Waals surface area contributed by atoms with Crippen molar-refractivity contribution in [1.29, 1.82) is 0 Å². The third kappa shape index (κ3) is 5.43. The summed E-state index contributed by atoms with van der Waals surface area (Å²) in [6, 6.07) is 13.4. The van der Waals surface area contributed by atoms with Crippen LogP contribution in [0.3, 0.4) is 0 Å². The number of hydrogen-bond donors (Lipinski definition) is 2. The summed E-state index contributed by atoms with van der Waals surface area (Å²) in [4.78, 5) is 22.8. The summed E-state index contributed by atoms with van der Waals surface area (Å²) in [5, 5.41) is 16.2. The molecule has 2 aromatic carbocycles. The number of aromatic carboxylic acids is 1. The smallest absolute Gasteiger partial charge is 0.250 e. The fourth-order valence-corrected chi connectivity index (χ4v) is 2.19. The molecule has 0 bridgehead atoms. The van der Waals surface area contributed by atoms with E-state index in [-0.39, 0.29) is 10.7 Å². The Hall–Kier alpha value is -3.19. The molecule has 0 aliphatic carbocycles. The molecule has 0 aliphatic heterocycles. The van der Waals surface area contributed by atoms with Crippen molar-refractivity contribution < 1.29 is 19.4 Å². The lowest BCUT2D eigenvalue weighted by atomic mass is 10.2. The minimum atomic E-state index is -1.33. The molecular weight excluding hydrogens is 340 g/mol. The number of nitrogens with one attached hydrogen (secondary N) is 2. The third-order valence-electron chi connectivity index (χ3n) is 3.15. The Bertz CT molecular complexity index is 819. The van der Waals surface area contributed by atoms with Gasteiger partial charge in [-0.05, 0) is 47.6 Å². The van der Waals surface area contributed by atoms with Gasteiger partial charge in [0.05, 0.1) is 18.8 Å². The quantitative estimate of drug-likeness (QED) is 0.625. The van der Waals surface area contributed by atoms with Crippen molar-refractivity contribution >= 4 is 41.0 Å². The average molecular weight is 355 g/mol. The molecule has 2 N–H and O–H groups in total. The second kappa shape index (κ2) is 8.60.